The summed E-state index contributed by atoms with van der Waals surface area (Å²) in [7, 11) is 4.41. The second kappa shape index (κ2) is 10.5. The Bertz CT molecular complexity index is 1010. The molecular formula is C23H27N3O5. The molecular weight excluding hydrogens is 398 g/mol. The Labute approximate surface area is 180 Å². The van der Waals surface area contributed by atoms with Crippen LogP contribution in [0.15, 0.2) is 42.5 Å². The SMILES string of the molecule is COC(=O)CC(NC(=O)CCCc1nc2ccccc2[nH]1)c1ccc(OC)c(OC)c1. The highest BCUT2D eigenvalue weighted by Crippen LogP contribution is 2.31. The van der Waals surface area contributed by atoms with Crippen molar-refractivity contribution in [3.05, 3.63) is 53.9 Å². The molecule has 31 heavy (non-hydrogen) atoms. The third-order valence-corrected chi connectivity index (χ3v) is 5.00. The third kappa shape index (κ3) is 5.75. The lowest BCUT2D eigenvalue weighted by atomic mass is 10.0. The first kappa shape index (κ1) is 22.1. The Morgan fingerprint density at radius 3 is 2.55 bits per heavy atom. The van der Waals surface area contributed by atoms with E-state index in [0.717, 1.165) is 22.4 Å². The second-order valence-electron chi connectivity index (χ2n) is 7.07. The summed E-state index contributed by atoms with van der Waals surface area (Å²) in [6.45, 7) is 0. The molecule has 0 aliphatic carbocycles. The van der Waals surface area contributed by atoms with Crippen LogP contribution in [0.25, 0.3) is 11.0 Å². The molecule has 3 aromatic rings. The molecule has 1 unspecified atom stereocenters. The lowest BCUT2D eigenvalue weighted by Crippen LogP contribution is -2.30. The second-order valence-corrected chi connectivity index (χ2v) is 7.07. The number of aryl methyl sites for hydroxylation is 1. The van der Waals surface area contributed by atoms with E-state index in [1.54, 1.807) is 25.3 Å². The van der Waals surface area contributed by atoms with Crippen molar-refractivity contribution in [1.29, 1.82) is 0 Å². The van der Waals surface area contributed by atoms with Gasteiger partial charge in [-0.25, -0.2) is 4.98 Å². The van der Waals surface area contributed by atoms with Crippen LogP contribution in [-0.4, -0.2) is 43.2 Å². The lowest BCUT2D eigenvalue weighted by molar-refractivity contribution is -0.141. The summed E-state index contributed by atoms with van der Waals surface area (Å²) in [5.41, 5.74) is 2.62. The first-order valence-corrected chi connectivity index (χ1v) is 10.1. The molecule has 0 fully saturated rings. The first-order chi connectivity index (χ1) is 15.0. The van der Waals surface area contributed by atoms with Crippen molar-refractivity contribution < 1.29 is 23.8 Å². The van der Waals surface area contributed by atoms with Crippen LogP contribution in [0.1, 0.15) is 36.7 Å². The maximum absolute atomic E-state index is 12.6. The van der Waals surface area contributed by atoms with Gasteiger partial charge in [0.05, 0.1) is 44.8 Å². The Hall–Kier alpha value is -3.55. The van der Waals surface area contributed by atoms with E-state index in [1.165, 1.54) is 14.2 Å². The molecule has 0 radical (unpaired) electrons. The number of amides is 1. The van der Waals surface area contributed by atoms with Crippen LogP contribution < -0.4 is 14.8 Å². The minimum absolute atomic E-state index is 0.0152. The summed E-state index contributed by atoms with van der Waals surface area (Å²) >= 11 is 0. The summed E-state index contributed by atoms with van der Waals surface area (Å²) in [6.07, 6.45) is 1.60. The summed E-state index contributed by atoms with van der Waals surface area (Å²) in [5.74, 6) is 1.37. The maximum atomic E-state index is 12.6. The molecule has 0 aliphatic rings. The monoisotopic (exact) mass is 425 g/mol. The van der Waals surface area contributed by atoms with Crippen molar-refractivity contribution in [2.75, 3.05) is 21.3 Å². The van der Waals surface area contributed by atoms with Crippen LogP contribution in [0, 0.1) is 0 Å². The number of nitrogens with one attached hydrogen (secondary N) is 2. The van der Waals surface area contributed by atoms with E-state index in [-0.39, 0.29) is 12.3 Å². The molecule has 8 nitrogen and oxygen atoms in total. The van der Waals surface area contributed by atoms with Crippen LogP contribution in [0.3, 0.4) is 0 Å². The van der Waals surface area contributed by atoms with Crippen molar-refractivity contribution in [3.63, 3.8) is 0 Å². The average molecular weight is 425 g/mol. The highest BCUT2D eigenvalue weighted by Gasteiger charge is 2.20. The van der Waals surface area contributed by atoms with Crippen molar-refractivity contribution in [2.45, 2.75) is 31.7 Å². The van der Waals surface area contributed by atoms with E-state index >= 15 is 0 Å². The van der Waals surface area contributed by atoms with Crippen LogP contribution in [0.5, 0.6) is 11.5 Å². The Morgan fingerprint density at radius 1 is 1.06 bits per heavy atom. The molecule has 8 heteroatoms. The van der Waals surface area contributed by atoms with Gasteiger partial charge < -0.3 is 24.5 Å². The number of ether oxygens (including phenoxy) is 3. The van der Waals surface area contributed by atoms with Gasteiger partial charge in [0, 0.05) is 12.8 Å². The number of imidazole rings is 1. The summed E-state index contributed by atoms with van der Waals surface area (Å²) in [5, 5.41) is 2.93. The van der Waals surface area contributed by atoms with Crippen molar-refractivity contribution in [3.8, 4) is 11.5 Å². The molecule has 0 bridgehead atoms. The molecule has 2 N–H and O–H groups in total. The molecule has 0 spiro atoms. The predicted octanol–water partition coefficient (Wildman–Crippen LogP) is 3.32. The molecule has 1 aromatic heterocycles. The number of aromatic amines is 1. The number of carbonyl (C=O) groups excluding carboxylic acids is 2. The van der Waals surface area contributed by atoms with Crippen LogP contribution >= 0.6 is 0 Å². The molecule has 164 valence electrons. The zero-order chi connectivity index (χ0) is 22.2. The number of hydrogen-bond acceptors (Lipinski definition) is 6. The number of H-pyrrole nitrogens is 1. The fraction of sp³-hybridized carbons (Fsp3) is 0.348. The minimum Gasteiger partial charge on any atom is -0.493 e. The van der Waals surface area contributed by atoms with Crippen LogP contribution in [0.4, 0.5) is 0 Å². The quantitative estimate of drug-likeness (QED) is 0.483. The maximum Gasteiger partial charge on any atom is 0.307 e. The van der Waals surface area contributed by atoms with Gasteiger partial charge in [0.25, 0.3) is 0 Å². The molecule has 0 saturated heterocycles. The topological polar surface area (TPSA) is 103 Å². The summed E-state index contributed by atoms with van der Waals surface area (Å²) in [4.78, 5) is 32.3. The zero-order valence-electron chi connectivity index (χ0n) is 17.9. The average Bonchev–Trinajstić information content (AvgIpc) is 3.20. The van der Waals surface area contributed by atoms with E-state index < -0.39 is 12.0 Å². The zero-order valence-corrected chi connectivity index (χ0v) is 17.9. The fourth-order valence-corrected chi connectivity index (χ4v) is 3.38. The summed E-state index contributed by atoms with van der Waals surface area (Å²) < 4.78 is 15.4. The van der Waals surface area contributed by atoms with Gasteiger partial charge in [-0.05, 0) is 36.2 Å². The number of carbonyl (C=O) groups is 2. The van der Waals surface area contributed by atoms with Gasteiger partial charge in [-0.2, -0.15) is 0 Å². The van der Waals surface area contributed by atoms with Gasteiger partial charge in [0.15, 0.2) is 11.5 Å². The Morgan fingerprint density at radius 2 is 1.84 bits per heavy atom. The van der Waals surface area contributed by atoms with E-state index in [1.807, 2.05) is 24.3 Å². The fourth-order valence-electron chi connectivity index (χ4n) is 3.38. The lowest BCUT2D eigenvalue weighted by Gasteiger charge is -2.19. The Kier molecular flexibility index (Phi) is 7.48. The number of para-hydroxylation sites is 2. The number of aromatic nitrogens is 2. The van der Waals surface area contributed by atoms with E-state index in [2.05, 4.69) is 15.3 Å². The predicted molar refractivity (Wildman–Crippen MR) is 116 cm³/mol. The van der Waals surface area contributed by atoms with Crippen molar-refractivity contribution in [1.82, 2.24) is 15.3 Å². The highest BCUT2D eigenvalue weighted by atomic mass is 16.5. The number of methoxy groups -OCH3 is 3. The number of esters is 1. The van der Waals surface area contributed by atoms with Crippen molar-refractivity contribution in [2.24, 2.45) is 0 Å². The number of nitrogens with zero attached hydrogens (tertiary/aromatic N) is 1. The molecule has 1 amide bonds. The van der Waals surface area contributed by atoms with Gasteiger partial charge in [-0.3, -0.25) is 9.59 Å². The van der Waals surface area contributed by atoms with Gasteiger partial charge in [0.1, 0.15) is 5.82 Å². The molecule has 1 atom stereocenters. The van der Waals surface area contributed by atoms with E-state index in [0.29, 0.717) is 30.8 Å². The molecule has 3 rings (SSSR count). The smallest absolute Gasteiger partial charge is 0.307 e. The van der Waals surface area contributed by atoms with Gasteiger partial charge in [-0.1, -0.05) is 18.2 Å². The van der Waals surface area contributed by atoms with Crippen molar-refractivity contribution >= 4 is 22.9 Å². The highest BCUT2D eigenvalue weighted by molar-refractivity contribution is 5.78. The number of rotatable bonds is 10. The van der Waals surface area contributed by atoms with E-state index in [4.69, 9.17) is 14.2 Å². The van der Waals surface area contributed by atoms with Crippen LogP contribution in [-0.2, 0) is 20.7 Å². The standard InChI is InChI=1S/C23H27N3O5/c1-29-19-12-11-15(13-20(19)30-2)18(14-23(28)31-3)26-22(27)10-6-9-21-24-16-7-4-5-8-17(16)25-21/h4-5,7-8,11-13,18H,6,9-10,14H2,1-3H3,(H,24,25)(H,26,27). The number of hydrogen-bond donors (Lipinski definition) is 2. The van der Waals surface area contributed by atoms with E-state index in [9.17, 15) is 9.59 Å². The molecule has 0 saturated carbocycles. The third-order valence-electron chi connectivity index (χ3n) is 5.00. The van der Waals surface area contributed by atoms with Gasteiger partial charge in [0.2, 0.25) is 5.91 Å². The van der Waals surface area contributed by atoms with Gasteiger partial charge >= 0.3 is 5.97 Å². The summed E-state index contributed by atoms with van der Waals surface area (Å²) in [6, 6.07) is 12.6. The van der Waals surface area contributed by atoms with Crippen LogP contribution in [0.2, 0.25) is 0 Å². The number of benzene rings is 2. The molecule has 1 heterocycles. The normalized spacial score (nSPS) is 11.7. The Balaban J connectivity index is 1.63. The molecule has 2 aromatic carbocycles. The molecule has 0 aliphatic heterocycles. The minimum atomic E-state index is -0.536. The first-order valence-electron chi connectivity index (χ1n) is 10.1. The largest absolute Gasteiger partial charge is 0.493 e. The van der Waals surface area contributed by atoms with Gasteiger partial charge in [-0.15, -0.1) is 0 Å². The number of fused-ring (bicyclic) bond motifs is 1.